The third-order valence-electron chi connectivity index (χ3n) is 6.64. The Morgan fingerprint density at radius 2 is 2.03 bits per heavy atom. The normalized spacial score (nSPS) is 22.9. The molecule has 1 heterocycles. The molecule has 0 spiro atoms. The summed E-state index contributed by atoms with van der Waals surface area (Å²) in [5.74, 6) is -3.06. The molecule has 2 N–H and O–H groups in total. The van der Waals surface area contributed by atoms with Crippen LogP contribution >= 0.6 is 11.6 Å². The van der Waals surface area contributed by atoms with E-state index in [0.29, 0.717) is 24.7 Å². The molecule has 1 aliphatic carbocycles. The predicted molar refractivity (Wildman–Crippen MR) is 122 cm³/mol. The molecule has 2 aliphatic rings. The van der Waals surface area contributed by atoms with Gasteiger partial charge in [-0.05, 0) is 67.1 Å². The van der Waals surface area contributed by atoms with Gasteiger partial charge in [0.15, 0.2) is 11.6 Å². The lowest BCUT2D eigenvalue weighted by molar-refractivity contribution is -0.150. The first-order chi connectivity index (χ1) is 15.8. The van der Waals surface area contributed by atoms with Crippen molar-refractivity contribution in [3.8, 4) is 0 Å². The molecule has 8 heteroatoms. The lowest BCUT2D eigenvalue weighted by Crippen LogP contribution is -2.55. The first kappa shape index (κ1) is 24.1. The number of amides is 1. The summed E-state index contributed by atoms with van der Waals surface area (Å²) in [4.78, 5) is 15.6. The van der Waals surface area contributed by atoms with Gasteiger partial charge in [0.2, 0.25) is 5.91 Å². The van der Waals surface area contributed by atoms with Crippen LogP contribution in [0.15, 0.2) is 36.4 Å². The number of rotatable bonds is 8. The minimum absolute atomic E-state index is 0.0762. The van der Waals surface area contributed by atoms with Crippen LogP contribution in [0.4, 0.5) is 8.78 Å². The van der Waals surface area contributed by atoms with Gasteiger partial charge in [0.25, 0.3) is 0 Å². The zero-order valence-electron chi connectivity index (χ0n) is 18.6. The van der Waals surface area contributed by atoms with Crippen molar-refractivity contribution >= 4 is 17.5 Å². The van der Waals surface area contributed by atoms with Crippen molar-refractivity contribution in [2.24, 2.45) is 5.92 Å². The number of benzene rings is 2. The molecule has 178 valence electrons. The van der Waals surface area contributed by atoms with Crippen molar-refractivity contribution in [3.05, 3.63) is 69.7 Å². The van der Waals surface area contributed by atoms with E-state index in [4.69, 9.17) is 16.3 Å². The summed E-state index contributed by atoms with van der Waals surface area (Å²) >= 11 is 6.47. The Labute approximate surface area is 197 Å². The second kappa shape index (κ2) is 10.1. The molecule has 1 aliphatic heterocycles. The molecule has 1 saturated carbocycles. The highest BCUT2D eigenvalue weighted by atomic mass is 35.5. The maximum absolute atomic E-state index is 14.0. The van der Waals surface area contributed by atoms with Gasteiger partial charge in [-0.15, -0.1) is 0 Å². The molecule has 33 heavy (non-hydrogen) atoms. The zero-order chi connectivity index (χ0) is 23.6. The van der Waals surface area contributed by atoms with E-state index in [1.165, 1.54) is 6.07 Å². The van der Waals surface area contributed by atoms with Crippen LogP contribution in [0, 0.1) is 17.6 Å². The second-order valence-corrected chi connectivity index (χ2v) is 9.33. The van der Waals surface area contributed by atoms with Crippen LogP contribution in [0.25, 0.3) is 0 Å². The van der Waals surface area contributed by atoms with Gasteiger partial charge in [0.1, 0.15) is 5.60 Å². The van der Waals surface area contributed by atoms with Crippen LogP contribution in [0.3, 0.4) is 0 Å². The number of hydrogen-bond acceptors (Lipinski definition) is 4. The molecule has 4 rings (SSSR count). The number of halogens is 3. The van der Waals surface area contributed by atoms with E-state index in [1.54, 1.807) is 12.0 Å². The molecular formula is C25H29ClF2N2O3. The number of ether oxygens (including phenoxy) is 1. The highest BCUT2D eigenvalue weighted by Crippen LogP contribution is 2.40. The quantitative estimate of drug-likeness (QED) is 0.606. The first-order valence-corrected chi connectivity index (χ1v) is 11.7. The monoisotopic (exact) mass is 478 g/mol. The largest absolute Gasteiger partial charge is 0.384 e. The molecule has 0 unspecified atom stereocenters. The first-order valence-electron chi connectivity index (χ1n) is 11.3. The van der Waals surface area contributed by atoms with Crippen LogP contribution in [0.2, 0.25) is 5.02 Å². The van der Waals surface area contributed by atoms with Crippen LogP contribution in [0.1, 0.15) is 36.0 Å². The van der Waals surface area contributed by atoms with Crippen molar-refractivity contribution in [2.45, 2.75) is 43.9 Å². The van der Waals surface area contributed by atoms with Crippen molar-refractivity contribution in [1.82, 2.24) is 10.2 Å². The Hall–Kier alpha value is -2.06. The molecule has 0 radical (unpaired) electrons. The number of carbonyl (C=O) groups is 1. The molecular weight excluding hydrogens is 450 g/mol. The lowest BCUT2D eigenvalue weighted by Gasteiger charge is -2.42. The van der Waals surface area contributed by atoms with Crippen molar-refractivity contribution < 1.29 is 23.4 Å². The average molecular weight is 479 g/mol. The van der Waals surface area contributed by atoms with Crippen LogP contribution in [0.5, 0.6) is 0 Å². The summed E-state index contributed by atoms with van der Waals surface area (Å²) in [7, 11) is 1.65. The van der Waals surface area contributed by atoms with E-state index < -0.39 is 23.2 Å². The fraction of sp³-hybridized carbons (Fsp3) is 0.480. The van der Waals surface area contributed by atoms with Crippen molar-refractivity contribution in [1.29, 1.82) is 0 Å². The van der Waals surface area contributed by atoms with E-state index in [9.17, 15) is 18.7 Å². The number of hydrogen-bond donors (Lipinski definition) is 2. The molecule has 0 aromatic heterocycles. The Morgan fingerprint density at radius 1 is 1.24 bits per heavy atom. The second-order valence-electron chi connectivity index (χ2n) is 8.93. The topological polar surface area (TPSA) is 61.8 Å². The summed E-state index contributed by atoms with van der Waals surface area (Å²) in [5.41, 5.74) is 0.535. The lowest BCUT2D eigenvalue weighted by atomic mass is 9.75. The average Bonchev–Trinajstić information content (AvgIpc) is 3.64. The highest BCUT2D eigenvalue weighted by Gasteiger charge is 2.48. The van der Waals surface area contributed by atoms with Gasteiger partial charge < -0.3 is 20.1 Å². The van der Waals surface area contributed by atoms with E-state index in [1.807, 2.05) is 18.2 Å². The van der Waals surface area contributed by atoms with E-state index in [0.717, 1.165) is 42.5 Å². The van der Waals surface area contributed by atoms with Crippen LogP contribution in [-0.4, -0.2) is 48.8 Å². The van der Waals surface area contributed by atoms with Gasteiger partial charge in [-0.25, -0.2) is 8.78 Å². The summed E-state index contributed by atoms with van der Waals surface area (Å²) in [6.07, 6.45) is 2.73. The summed E-state index contributed by atoms with van der Waals surface area (Å²) in [5, 5.41) is 15.3. The van der Waals surface area contributed by atoms with Crippen LogP contribution in [-0.2, 0) is 28.1 Å². The van der Waals surface area contributed by atoms with Gasteiger partial charge >= 0.3 is 0 Å². The Kier molecular flexibility index (Phi) is 7.34. The molecule has 1 amide bonds. The molecule has 2 aromatic carbocycles. The molecule has 2 aromatic rings. The van der Waals surface area contributed by atoms with E-state index in [-0.39, 0.29) is 30.5 Å². The van der Waals surface area contributed by atoms with Gasteiger partial charge in [-0.3, -0.25) is 4.79 Å². The molecule has 2 fully saturated rings. The smallest absolute Gasteiger partial charge is 0.230 e. The van der Waals surface area contributed by atoms with Gasteiger partial charge in [-0.1, -0.05) is 29.8 Å². The van der Waals surface area contributed by atoms with Crippen LogP contribution < -0.4 is 5.32 Å². The summed E-state index contributed by atoms with van der Waals surface area (Å²) < 4.78 is 32.6. The fourth-order valence-electron chi connectivity index (χ4n) is 4.55. The molecule has 1 saturated heterocycles. The number of nitrogens with one attached hydrogen (secondary N) is 1. The molecule has 2 atom stereocenters. The predicted octanol–water partition coefficient (Wildman–Crippen LogP) is 3.80. The fourth-order valence-corrected chi connectivity index (χ4v) is 4.73. The minimum Gasteiger partial charge on any atom is -0.384 e. The maximum Gasteiger partial charge on any atom is 0.230 e. The molecule has 0 bridgehead atoms. The third kappa shape index (κ3) is 5.22. The van der Waals surface area contributed by atoms with Gasteiger partial charge in [-0.2, -0.15) is 0 Å². The van der Waals surface area contributed by atoms with E-state index in [2.05, 4.69) is 5.32 Å². The van der Waals surface area contributed by atoms with E-state index >= 15 is 0 Å². The molecule has 5 nitrogen and oxygen atoms in total. The third-order valence-corrected chi connectivity index (χ3v) is 7.01. The number of methoxy groups -OCH3 is 1. The number of nitrogens with zero attached hydrogens (tertiary/aromatic N) is 1. The van der Waals surface area contributed by atoms with Crippen molar-refractivity contribution in [2.75, 3.05) is 26.8 Å². The minimum atomic E-state index is -1.59. The zero-order valence-corrected chi connectivity index (χ0v) is 19.4. The Bertz CT molecular complexity index is 1020. The van der Waals surface area contributed by atoms with Gasteiger partial charge in [0, 0.05) is 31.3 Å². The standard InChI is InChI=1S/C25H29ClF2N2O3/c1-33-11-8-16-2-6-21(26)17(12-16)15-30(19-4-5-19)24(31)20-14-29-10-9-25(20,32)18-3-7-22(27)23(28)13-18/h2-3,6-7,12-13,19-20,29,32H,4-5,8-11,14-15H2,1H3/t20-,25+/m1/s1. The van der Waals surface area contributed by atoms with Gasteiger partial charge in [0.05, 0.1) is 12.5 Å². The SMILES string of the molecule is COCCc1ccc(Cl)c(CN(C(=O)[C@H]2CNCC[C@]2(O)c2ccc(F)c(F)c2)C2CC2)c1. The number of piperidine rings is 1. The highest BCUT2D eigenvalue weighted by molar-refractivity contribution is 6.31. The maximum atomic E-state index is 14.0. The summed E-state index contributed by atoms with van der Waals surface area (Å²) in [6.45, 7) is 1.63. The number of carbonyl (C=O) groups excluding carboxylic acids is 1. The van der Waals surface area contributed by atoms with Crippen molar-refractivity contribution in [3.63, 3.8) is 0 Å². The Balaban J connectivity index is 1.61. The number of aliphatic hydroxyl groups is 1. The summed E-state index contributed by atoms with van der Waals surface area (Å²) in [6, 6.07) is 9.20. The Morgan fingerprint density at radius 3 is 2.73 bits per heavy atom.